The van der Waals surface area contributed by atoms with Gasteiger partial charge in [0.2, 0.25) is 0 Å². The van der Waals surface area contributed by atoms with Gasteiger partial charge in [-0.05, 0) is 42.1 Å². The maximum absolute atomic E-state index is 12.3. The average molecular weight is 372 g/mol. The molecule has 5 nitrogen and oxygen atoms in total. The van der Waals surface area contributed by atoms with Crippen molar-refractivity contribution in [2.75, 3.05) is 11.9 Å². The zero-order valence-corrected chi connectivity index (χ0v) is 15.2. The molecule has 0 aliphatic rings. The van der Waals surface area contributed by atoms with E-state index in [4.69, 9.17) is 4.74 Å². The van der Waals surface area contributed by atoms with Gasteiger partial charge in [0.1, 0.15) is 9.88 Å². The molecule has 0 unspecified atom stereocenters. The Labute approximate surface area is 153 Å². The summed E-state index contributed by atoms with van der Waals surface area (Å²) in [6, 6.07) is 10.6. The maximum Gasteiger partial charge on any atom is 0.338 e. The molecule has 1 amide bonds. The summed E-state index contributed by atoms with van der Waals surface area (Å²) >= 11 is 2.94. The van der Waals surface area contributed by atoms with Gasteiger partial charge in [-0.3, -0.25) is 4.79 Å². The average Bonchev–Trinajstić information content (AvgIpc) is 3.31. The fourth-order valence-electron chi connectivity index (χ4n) is 2.05. The van der Waals surface area contributed by atoms with E-state index >= 15 is 0 Å². The van der Waals surface area contributed by atoms with Crippen LogP contribution in [0.5, 0.6) is 0 Å². The van der Waals surface area contributed by atoms with Gasteiger partial charge in [-0.25, -0.2) is 9.78 Å². The lowest BCUT2D eigenvalue weighted by atomic mass is 10.2. The Morgan fingerprint density at radius 1 is 1.20 bits per heavy atom. The van der Waals surface area contributed by atoms with E-state index in [2.05, 4.69) is 10.3 Å². The molecule has 0 spiro atoms. The summed E-state index contributed by atoms with van der Waals surface area (Å²) in [4.78, 5) is 30.0. The molecule has 0 aliphatic carbocycles. The van der Waals surface area contributed by atoms with Crippen LogP contribution < -0.4 is 5.32 Å². The van der Waals surface area contributed by atoms with E-state index in [1.165, 1.54) is 11.3 Å². The van der Waals surface area contributed by atoms with Gasteiger partial charge in [-0.15, -0.1) is 22.7 Å². The number of amides is 1. The molecule has 0 bridgehead atoms. The van der Waals surface area contributed by atoms with E-state index in [9.17, 15) is 9.59 Å². The highest BCUT2D eigenvalue weighted by Crippen LogP contribution is 2.29. The van der Waals surface area contributed by atoms with Crippen molar-refractivity contribution in [3.05, 3.63) is 58.4 Å². The minimum Gasteiger partial charge on any atom is -0.462 e. The molecule has 0 saturated heterocycles. The van der Waals surface area contributed by atoms with E-state index in [-0.39, 0.29) is 11.9 Å². The number of nitrogens with one attached hydrogen (secondary N) is 1. The van der Waals surface area contributed by atoms with Crippen molar-refractivity contribution in [2.45, 2.75) is 13.3 Å². The lowest BCUT2D eigenvalue weighted by Gasteiger charge is -2.05. The predicted octanol–water partition coefficient (Wildman–Crippen LogP) is 4.69. The summed E-state index contributed by atoms with van der Waals surface area (Å²) in [6.45, 7) is 2.34. The summed E-state index contributed by atoms with van der Waals surface area (Å²) in [5.41, 5.74) is 1.08. The first kappa shape index (κ1) is 17.3. The molecular weight excluding hydrogens is 356 g/mol. The molecule has 128 valence electrons. The zero-order valence-electron chi connectivity index (χ0n) is 13.5. The molecule has 3 aromatic rings. The van der Waals surface area contributed by atoms with Crippen molar-refractivity contribution in [2.24, 2.45) is 0 Å². The molecule has 2 heterocycles. The normalized spacial score (nSPS) is 10.4. The number of hydrogen-bond acceptors (Lipinski definition) is 6. The lowest BCUT2D eigenvalue weighted by molar-refractivity contribution is 0.0505. The van der Waals surface area contributed by atoms with Crippen LogP contribution in [0.4, 0.5) is 5.69 Å². The first-order valence-electron chi connectivity index (χ1n) is 7.75. The van der Waals surface area contributed by atoms with Gasteiger partial charge < -0.3 is 10.1 Å². The number of thiazole rings is 1. The monoisotopic (exact) mass is 372 g/mol. The van der Waals surface area contributed by atoms with E-state index in [0.29, 0.717) is 22.7 Å². The number of nitrogens with zero attached hydrogens (tertiary/aromatic N) is 1. The van der Waals surface area contributed by atoms with Crippen LogP contribution in [0.25, 0.3) is 9.88 Å². The molecule has 0 atom stereocenters. The fourth-order valence-corrected chi connectivity index (χ4v) is 3.67. The zero-order chi connectivity index (χ0) is 17.6. The largest absolute Gasteiger partial charge is 0.462 e. The predicted molar refractivity (Wildman–Crippen MR) is 100 cm³/mol. The van der Waals surface area contributed by atoms with Crippen molar-refractivity contribution in [1.29, 1.82) is 0 Å². The molecule has 0 saturated carbocycles. The van der Waals surface area contributed by atoms with Crippen LogP contribution in [0.3, 0.4) is 0 Å². The Kier molecular flexibility index (Phi) is 5.57. The van der Waals surface area contributed by atoms with Gasteiger partial charge >= 0.3 is 5.97 Å². The molecule has 25 heavy (non-hydrogen) atoms. The van der Waals surface area contributed by atoms with Crippen molar-refractivity contribution in [1.82, 2.24) is 4.98 Å². The molecule has 0 fully saturated rings. The second kappa shape index (κ2) is 8.04. The van der Waals surface area contributed by atoms with Crippen molar-refractivity contribution >= 4 is 40.2 Å². The van der Waals surface area contributed by atoms with Crippen LogP contribution in [0.1, 0.15) is 33.4 Å². The van der Waals surface area contributed by atoms with E-state index in [1.807, 2.05) is 24.4 Å². The van der Waals surface area contributed by atoms with Gasteiger partial charge in [0.05, 0.1) is 23.2 Å². The molecule has 1 aromatic carbocycles. The standard InChI is InChI=1S/C18H16N2O3S2/c1-2-9-23-18(22)12-5-7-13(8-6-12)20-16(21)15-11-19-17(25-15)14-4-3-10-24-14/h3-8,10-11H,2,9H2,1H3,(H,20,21). The number of esters is 1. The number of carbonyl (C=O) groups excluding carboxylic acids is 2. The van der Waals surface area contributed by atoms with E-state index in [1.54, 1.807) is 41.8 Å². The van der Waals surface area contributed by atoms with Crippen molar-refractivity contribution in [3.8, 4) is 9.88 Å². The topological polar surface area (TPSA) is 68.3 Å². The summed E-state index contributed by atoms with van der Waals surface area (Å²) in [7, 11) is 0. The number of carbonyl (C=O) groups is 2. The Morgan fingerprint density at radius 3 is 2.68 bits per heavy atom. The van der Waals surface area contributed by atoms with Crippen LogP contribution in [0.2, 0.25) is 0 Å². The summed E-state index contributed by atoms with van der Waals surface area (Å²) in [6.07, 6.45) is 2.35. The number of thiophene rings is 1. The molecule has 2 aromatic heterocycles. The quantitative estimate of drug-likeness (QED) is 0.637. The molecule has 3 rings (SSSR count). The van der Waals surface area contributed by atoms with Crippen LogP contribution >= 0.6 is 22.7 Å². The van der Waals surface area contributed by atoms with Crippen LogP contribution in [0.15, 0.2) is 48.0 Å². The van der Waals surface area contributed by atoms with Crippen molar-refractivity contribution in [3.63, 3.8) is 0 Å². The van der Waals surface area contributed by atoms with E-state index in [0.717, 1.165) is 16.3 Å². The third kappa shape index (κ3) is 4.32. The molecular formula is C18H16N2O3S2. The Balaban J connectivity index is 1.64. The van der Waals surface area contributed by atoms with E-state index < -0.39 is 0 Å². The molecule has 7 heteroatoms. The second-order valence-electron chi connectivity index (χ2n) is 5.17. The molecule has 1 N–H and O–H groups in total. The number of benzene rings is 1. The highest BCUT2D eigenvalue weighted by Gasteiger charge is 2.13. The third-order valence-corrected chi connectivity index (χ3v) is 5.31. The van der Waals surface area contributed by atoms with Crippen LogP contribution in [0, 0.1) is 0 Å². The Morgan fingerprint density at radius 2 is 2.00 bits per heavy atom. The van der Waals surface area contributed by atoms with Gasteiger partial charge in [-0.2, -0.15) is 0 Å². The number of ether oxygens (including phenoxy) is 1. The number of hydrogen-bond donors (Lipinski definition) is 1. The number of rotatable bonds is 6. The first-order valence-corrected chi connectivity index (χ1v) is 9.45. The highest BCUT2D eigenvalue weighted by molar-refractivity contribution is 7.22. The lowest BCUT2D eigenvalue weighted by Crippen LogP contribution is -2.10. The van der Waals surface area contributed by atoms with Gasteiger partial charge in [0.25, 0.3) is 5.91 Å². The van der Waals surface area contributed by atoms with Gasteiger partial charge in [0, 0.05) is 5.69 Å². The number of anilines is 1. The SMILES string of the molecule is CCCOC(=O)c1ccc(NC(=O)c2cnc(-c3cccs3)s2)cc1. The Bertz CT molecular complexity index is 855. The van der Waals surface area contributed by atoms with Crippen LogP contribution in [-0.4, -0.2) is 23.5 Å². The third-order valence-electron chi connectivity index (χ3n) is 3.28. The number of aromatic nitrogens is 1. The summed E-state index contributed by atoms with van der Waals surface area (Å²) in [5.74, 6) is -0.579. The summed E-state index contributed by atoms with van der Waals surface area (Å²) < 4.78 is 5.07. The second-order valence-corrected chi connectivity index (χ2v) is 7.15. The van der Waals surface area contributed by atoms with Gasteiger partial charge in [-0.1, -0.05) is 13.0 Å². The summed E-state index contributed by atoms with van der Waals surface area (Å²) in [5, 5.41) is 5.61. The smallest absolute Gasteiger partial charge is 0.338 e. The van der Waals surface area contributed by atoms with Gasteiger partial charge in [0.15, 0.2) is 0 Å². The van der Waals surface area contributed by atoms with Crippen molar-refractivity contribution < 1.29 is 14.3 Å². The minimum absolute atomic E-state index is 0.221. The maximum atomic E-state index is 12.3. The highest BCUT2D eigenvalue weighted by atomic mass is 32.1. The molecule has 0 radical (unpaired) electrons. The minimum atomic E-state index is -0.359. The molecule has 0 aliphatic heterocycles. The van der Waals surface area contributed by atoms with Crippen LogP contribution in [-0.2, 0) is 4.74 Å². The fraction of sp³-hybridized carbons (Fsp3) is 0.167. The first-order chi connectivity index (χ1) is 12.2. The Hall–Kier alpha value is -2.51.